The number of hydrogen-bond donors (Lipinski definition) is 2. The van der Waals surface area contributed by atoms with E-state index in [1.54, 1.807) is 14.1 Å². The zero-order valence-corrected chi connectivity index (χ0v) is 11.4. The third kappa shape index (κ3) is 4.30. The van der Waals surface area contributed by atoms with Gasteiger partial charge in [0.2, 0.25) is 0 Å². The molecule has 0 unspecified atom stereocenters. The largest absolute Gasteiger partial charge is 0.359 e. The lowest BCUT2D eigenvalue weighted by Crippen LogP contribution is -2.34. The first-order chi connectivity index (χ1) is 7.17. The topological polar surface area (TPSA) is 36.4 Å². The molecule has 3 nitrogen and oxygen atoms in total. The smallest absolute Gasteiger partial charge is 0.190 e. The summed E-state index contributed by atoms with van der Waals surface area (Å²) in [7, 11) is 3.32. The summed E-state index contributed by atoms with van der Waals surface area (Å²) < 4.78 is 25.8. The normalized spacial score (nSPS) is 10.6. The van der Waals surface area contributed by atoms with Crippen LogP contribution in [0.5, 0.6) is 0 Å². The average Bonchev–Trinajstić information content (AvgIpc) is 2.22. The Morgan fingerprint density at radius 2 is 2.06 bits per heavy atom. The molecule has 0 aliphatic heterocycles. The Morgan fingerprint density at radius 1 is 1.38 bits per heavy atom. The van der Waals surface area contributed by atoms with Crippen molar-refractivity contribution in [2.24, 2.45) is 4.99 Å². The van der Waals surface area contributed by atoms with Gasteiger partial charge in [-0.05, 0) is 6.07 Å². The minimum Gasteiger partial charge on any atom is -0.359 e. The number of hydrogen-bond acceptors (Lipinski definition) is 1. The van der Waals surface area contributed by atoms with Crippen molar-refractivity contribution in [3.8, 4) is 0 Å². The fourth-order valence-corrected chi connectivity index (χ4v) is 1.12. The number of guanidine groups is 1. The molecule has 0 bridgehead atoms. The molecule has 6 heteroatoms. The van der Waals surface area contributed by atoms with Crippen molar-refractivity contribution in [3.05, 3.63) is 35.4 Å². The van der Waals surface area contributed by atoms with E-state index < -0.39 is 11.6 Å². The van der Waals surface area contributed by atoms with Gasteiger partial charge in [-0.1, -0.05) is 6.07 Å². The highest BCUT2D eigenvalue weighted by Gasteiger charge is 2.03. The summed E-state index contributed by atoms with van der Waals surface area (Å²) in [6.45, 7) is 0.264. The zero-order chi connectivity index (χ0) is 11.3. The van der Waals surface area contributed by atoms with E-state index in [1.807, 2.05) is 0 Å². The van der Waals surface area contributed by atoms with E-state index in [1.165, 1.54) is 12.1 Å². The fraction of sp³-hybridized carbons (Fsp3) is 0.300. The lowest BCUT2D eigenvalue weighted by Gasteiger charge is -2.08. The van der Waals surface area contributed by atoms with Crippen molar-refractivity contribution < 1.29 is 8.78 Å². The molecule has 0 aliphatic rings. The van der Waals surface area contributed by atoms with E-state index >= 15 is 0 Å². The highest BCUT2D eigenvalue weighted by atomic mass is 127. The van der Waals surface area contributed by atoms with Crippen LogP contribution in [0, 0.1) is 11.6 Å². The van der Waals surface area contributed by atoms with Gasteiger partial charge in [-0.3, -0.25) is 4.99 Å². The van der Waals surface area contributed by atoms with E-state index in [0.717, 1.165) is 6.07 Å². The van der Waals surface area contributed by atoms with Crippen LogP contribution in [0.3, 0.4) is 0 Å². The number of nitrogens with one attached hydrogen (secondary N) is 2. The predicted molar refractivity (Wildman–Crippen MR) is 71.0 cm³/mol. The molecule has 0 aliphatic carbocycles. The van der Waals surface area contributed by atoms with Gasteiger partial charge in [0.25, 0.3) is 0 Å². The molecule has 0 spiro atoms. The van der Waals surface area contributed by atoms with Gasteiger partial charge in [0, 0.05) is 32.3 Å². The summed E-state index contributed by atoms with van der Waals surface area (Å²) in [5, 5.41) is 5.67. The van der Waals surface area contributed by atoms with Crippen molar-refractivity contribution in [3.63, 3.8) is 0 Å². The molecule has 0 atom stereocenters. The van der Waals surface area contributed by atoms with Gasteiger partial charge >= 0.3 is 0 Å². The number of halogens is 3. The van der Waals surface area contributed by atoms with Crippen molar-refractivity contribution in [1.29, 1.82) is 0 Å². The first kappa shape index (κ1) is 15.1. The van der Waals surface area contributed by atoms with E-state index in [-0.39, 0.29) is 30.5 Å². The minimum absolute atomic E-state index is 0. The van der Waals surface area contributed by atoms with E-state index in [9.17, 15) is 8.78 Å². The molecule has 0 radical (unpaired) electrons. The third-order valence-corrected chi connectivity index (χ3v) is 1.92. The lowest BCUT2D eigenvalue weighted by atomic mass is 10.2. The van der Waals surface area contributed by atoms with Crippen molar-refractivity contribution in [2.45, 2.75) is 6.54 Å². The van der Waals surface area contributed by atoms with Gasteiger partial charge in [-0.25, -0.2) is 8.78 Å². The van der Waals surface area contributed by atoms with Gasteiger partial charge in [-0.15, -0.1) is 24.0 Å². The highest BCUT2D eigenvalue weighted by molar-refractivity contribution is 14.0. The molecule has 0 heterocycles. The summed E-state index contributed by atoms with van der Waals surface area (Å²) in [5.41, 5.74) is 0.396. The molecule has 2 N–H and O–H groups in total. The molecule has 1 rings (SSSR count). The molecule has 0 aromatic heterocycles. The molecule has 0 saturated carbocycles. The van der Waals surface area contributed by atoms with Gasteiger partial charge < -0.3 is 10.6 Å². The van der Waals surface area contributed by atoms with Crippen LogP contribution < -0.4 is 10.6 Å². The van der Waals surface area contributed by atoms with E-state index in [2.05, 4.69) is 15.6 Å². The summed E-state index contributed by atoms with van der Waals surface area (Å²) in [6, 6.07) is 3.49. The van der Waals surface area contributed by atoms with Crippen molar-refractivity contribution in [1.82, 2.24) is 10.6 Å². The monoisotopic (exact) mass is 341 g/mol. The molecule has 90 valence electrons. The summed E-state index contributed by atoms with van der Waals surface area (Å²) in [6.07, 6.45) is 0. The van der Waals surface area contributed by atoms with Gasteiger partial charge in [0.15, 0.2) is 5.96 Å². The highest BCUT2D eigenvalue weighted by Crippen LogP contribution is 2.08. The lowest BCUT2D eigenvalue weighted by molar-refractivity contribution is 0.569. The predicted octanol–water partition coefficient (Wildman–Crippen LogP) is 1.88. The van der Waals surface area contributed by atoms with Gasteiger partial charge in [-0.2, -0.15) is 0 Å². The van der Waals surface area contributed by atoms with Crippen molar-refractivity contribution in [2.75, 3.05) is 14.1 Å². The van der Waals surface area contributed by atoms with Crippen LogP contribution in [-0.4, -0.2) is 20.1 Å². The molecule has 16 heavy (non-hydrogen) atoms. The Hall–Kier alpha value is -0.920. The molecule has 0 fully saturated rings. The number of rotatable bonds is 2. The van der Waals surface area contributed by atoms with Crippen LogP contribution in [-0.2, 0) is 6.54 Å². The number of aliphatic imine (C=N–C) groups is 1. The maximum atomic E-state index is 13.2. The maximum absolute atomic E-state index is 13.2. The number of nitrogens with zero attached hydrogens (tertiary/aromatic N) is 1. The van der Waals surface area contributed by atoms with Crippen LogP contribution in [0.4, 0.5) is 8.78 Å². The third-order valence-electron chi connectivity index (χ3n) is 1.92. The Balaban J connectivity index is 0.00000225. The Kier molecular flexibility index (Phi) is 6.95. The standard InChI is InChI=1S/C10H13F2N3.HI/c1-13-10(14-2)15-6-7-3-4-8(11)5-9(7)12;/h3-5H,6H2,1-2H3,(H2,13,14,15);1H. The summed E-state index contributed by atoms with van der Waals surface area (Å²) in [5.74, 6) is -0.581. The minimum atomic E-state index is -0.575. The first-order valence-corrected chi connectivity index (χ1v) is 4.49. The van der Waals surface area contributed by atoms with Gasteiger partial charge in [0.05, 0.1) is 0 Å². The first-order valence-electron chi connectivity index (χ1n) is 4.49. The van der Waals surface area contributed by atoms with Gasteiger partial charge in [0.1, 0.15) is 11.6 Å². The van der Waals surface area contributed by atoms with Crippen LogP contribution in [0.15, 0.2) is 23.2 Å². The molecular weight excluding hydrogens is 327 g/mol. The maximum Gasteiger partial charge on any atom is 0.190 e. The van der Waals surface area contributed by atoms with E-state index in [0.29, 0.717) is 11.5 Å². The van der Waals surface area contributed by atoms with Crippen LogP contribution in [0.1, 0.15) is 5.56 Å². The quantitative estimate of drug-likeness (QED) is 0.490. The second-order valence-electron chi connectivity index (χ2n) is 2.91. The zero-order valence-electron chi connectivity index (χ0n) is 9.05. The molecule has 0 amide bonds. The summed E-state index contributed by atoms with van der Waals surface area (Å²) >= 11 is 0. The van der Waals surface area contributed by atoms with Crippen molar-refractivity contribution >= 4 is 29.9 Å². The fourth-order valence-electron chi connectivity index (χ4n) is 1.12. The van der Waals surface area contributed by atoms with Crippen LogP contribution >= 0.6 is 24.0 Å². The number of benzene rings is 1. The summed E-state index contributed by atoms with van der Waals surface area (Å²) in [4.78, 5) is 3.87. The van der Waals surface area contributed by atoms with Crippen LogP contribution in [0.25, 0.3) is 0 Å². The SMILES string of the molecule is CN=C(NC)NCc1ccc(F)cc1F.I. The van der Waals surface area contributed by atoms with Crippen LogP contribution in [0.2, 0.25) is 0 Å². The average molecular weight is 341 g/mol. The second kappa shape index (κ2) is 7.37. The molecule has 1 aromatic rings. The Labute approximate surface area is 110 Å². The second-order valence-corrected chi connectivity index (χ2v) is 2.91. The Morgan fingerprint density at radius 3 is 2.56 bits per heavy atom. The molecule has 0 saturated heterocycles. The Bertz CT molecular complexity index is 369. The molecular formula is C10H14F2IN3. The molecule has 1 aromatic carbocycles. The van der Waals surface area contributed by atoms with E-state index in [4.69, 9.17) is 0 Å².